The Hall–Kier alpha value is -2.14. The van der Waals surface area contributed by atoms with Crippen molar-refractivity contribution in [2.45, 2.75) is 37.6 Å². The number of rotatable bonds is 4. The van der Waals surface area contributed by atoms with Crippen LogP contribution in [0.3, 0.4) is 0 Å². The number of nitrogens with zero attached hydrogens (tertiary/aromatic N) is 1. The minimum Gasteiger partial charge on any atom is -0.486 e. The third-order valence-corrected chi connectivity index (χ3v) is 6.36. The monoisotopic (exact) mass is 383 g/mol. The number of hydrogen-bond acceptors (Lipinski definition) is 4. The average Bonchev–Trinajstić information content (AvgIpc) is 3.18. The first-order chi connectivity index (χ1) is 13.1. The molecule has 5 heteroatoms. The molecule has 2 aliphatic rings. The number of ether oxygens (including phenoxy) is 2. The van der Waals surface area contributed by atoms with Crippen LogP contribution < -0.4 is 9.47 Å². The molecule has 0 aromatic heterocycles. The molecule has 2 aromatic rings. The number of benzene rings is 2. The minimum absolute atomic E-state index is 0.132. The summed E-state index contributed by atoms with van der Waals surface area (Å²) in [7, 11) is 0. The molecule has 4 rings (SSSR count). The van der Waals surface area contributed by atoms with Crippen molar-refractivity contribution in [3.05, 3.63) is 53.1 Å². The van der Waals surface area contributed by atoms with Gasteiger partial charge in [-0.05, 0) is 56.0 Å². The highest BCUT2D eigenvalue weighted by Crippen LogP contribution is 2.38. The highest BCUT2D eigenvalue weighted by molar-refractivity contribution is 8.00. The number of fused-ring (bicyclic) bond motifs is 1. The maximum absolute atomic E-state index is 12.9. The number of hydrogen-bond donors (Lipinski definition) is 0. The molecule has 27 heavy (non-hydrogen) atoms. The van der Waals surface area contributed by atoms with Gasteiger partial charge in [0.05, 0.1) is 11.8 Å². The Morgan fingerprint density at radius 1 is 1.11 bits per heavy atom. The normalized spacial score (nSPS) is 18.6. The predicted molar refractivity (Wildman–Crippen MR) is 108 cm³/mol. The van der Waals surface area contributed by atoms with Crippen LogP contribution in [0.2, 0.25) is 0 Å². The first kappa shape index (κ1) is 18.2. The van der Waals surface area contributed by atoms with Gasteiger partial charge in [0.2, 0.25) is 5.91 Å². The summed E-state index contributed by atoms with van der Waals surface area (Å²) in [6, 6.07) is 12.6. The molecule has 2 aliphatic heterocycles. The van der Waals surface area contributed by atoms with E-state index in [0.717, 1.165) is 36.4 Å². The van der Waals surface area contributed by atoms with Gasteiger partial charge in [-0.3, -0.25) is 4.79 Å². The summed E-state index contributed by atoms with van der Waals surface area (Å²) in [6.45, 7) is 6.18. The van der Waals surface area contributed by atoms with E-state index in [0.29, 0.717) is 19.0 Å². The van der Waals surface area contributed by atoms with Gasteiger partial charge in [-0.2, -0.15) is 0 Å². The summed E-state index contributed by atoms with van der Waals surface area (Å²) in [5.74, 6) is 2.28. The number of thioether (sulfide) groups is 1. The zero-order chi connectivity index (χ0) is 18.8. The molecule has 0 bridgehead atoms. The molecule has 4 nitrogen and oxygen atoms in total. The topological polar surface area (TPSA) is 38.8 Å². The maximum Gasteiger partial charge on any atom is 0.233 e. The van der Waals surface area contributed by atoms with Gasteiger partial charge in [-0.15, -0.1) is 11.8 Å². The van der Waals surface area contributed by atoms with Gasteiger partial charge >= 0.3 is 0 Å². The van der Waals surface area contributed by atoms with Crippen molar-refractivity contribution >= 4 is 17.7 Å². The van der Waals surface area contributed by atoms with Crippen LogP contribution in [0.5, 0.6) is 11.5 Å². The summed E-state index contributed by atoms with van der Waals surface area (Å²) in [5, 5.41) is 0. The number of carbonyl (C=O) groups excluding carboxylic acids is 1. The van der Waals surface area contributed by atoms with Gasteiger partial charge in [0, 0.05) is 11.4 Å². The molecule has 142 valence electrons. The smallest absolute Gasteiger partial charge is 0.233 e. The van der Waals surface area contributed by atoms with Crippen molar-refractivity contribution in [3.8, 4) is 11.5 Å². The van der Waals surface area contributed by atoms with Crippen LogP contribution in [-0.2, 0) is 4.79 Å². The third kappa shape index (κ3) is 3.93. The fourth-order valence-electron chi connectivity index (χ4n) is 3.76. The second-order valence-electron chi connectivity index (χ2n) is 7.21. The quantitative estimate of drug-likeness (QED) is 0.727. The summed E-state index contributed by atoms with van der Waals surface area (Å²) in [4.78, 5) is 16.2. The largest absolute Gasteiger partial charge is 0.486 e. The van der Waals surface area contributed by atoms with E-state index in [-0.39, 0.29) is 11.9 Å². The van der Waals surface area contributed by atoms with E-state index >= 15 is 0 Å². The molecule has 2 heterocycles. The van der Waals surface area contributed by atoms with E-state index in [1.807, 2.05) is 17.0 Å². The molecule has 1 fully saturated rings. The molecule has 0 radical (unpaired) electrons. The molecule has 2 aromatic carbocycles. The molecule has 0 aliphatic carbocycles. The van der Waals surface area contributed by atoms with Crippen LogP contribution in [0.4, 0.5) is 0 Å². The molecule has 1 unspecified atom stereocenters. The molecular weight excluding hydrogens is 358 g/mol. The summed E-state index contributed by atoms with van der Waals surface area (Å²) in [6.07, 6.45) is 2.04. The second kappa shape index (κ2) is 7.85. The summed E-state index contributed by atoms with van der Waals surface area (Å²) < 4.78 is 11.3. The zero-order valence-electron chi connectivity index (χ0n) is 15.9. The fraction of sp³-hybridized carbons (Fsp3) is 0.409. The molecule has 1 saturated heterocycles. The first-order valence-electron chi connectivity index (χ1n) is 9.51. The van der Waals surface area contributed by atoms with Crippen LogP contribution >= 0.6 is 11.8 Å². The third-order valence-electron chi connectivity index (χ3n) is 5.22. The second-order valence-corrected chi connectivity index (χ2v) is 8.22. The standard InChI is InChI=1S/C22H25NO3S/c1-15-5-6-16(2)21(12-15)27-14-22(24)23-9-3-4-18(23)17-7-8-19-20(13-17)26-11-10-25-19/h5-8,12-13,18H,3-4,9-11,14H2,1-2H3. The average molecular weight is 384 g/mol. The van der Waals surface area contributed by atoms with Crippen molar-refractivity contribution in [3.63, 3.8) is 0 Å². The predicted octanol–water partition coefficient (Wildman–Crippen LogP) is 4.53. The van der Waals surface area contributed by atoms with Crippen molar-refractivity contribution in [1.82, 2.24) is 4.90 Å². The number of amides is 1. The summed E-state index contributed by atoms with van der Waals surface area (Å²) in [5.41, 5.74) is 3.59. The Labute approximate surface area is 164 Å². The molecular formula is C22H25NO3S. The first-order valence-corrected chi connectivity index (χ1v) is 10.5. The van der Waals surface area contributed by atoms with Gasteiger partial charge < -0.3 is 14.4 Å². The Kier molecular flexibility index (Phi) is 5.30. The SMILES string of the molecule is Cc1ccc(C)c(SCC(=O)N2CCCC2c2ccc3c(c2)OCCO3)c1. The highest BCUT2D eigenvalue weighted by Gasteiger charge is 2.30. The number of carbonyl (C=O) groups is 1. The van der Waals surface area contributed by atoms with Gasteiger partial charge in [0.15, 0.2) is 11.5 Å². The van der Waals surface area contributed by atoms with Crippen molar-refractivity contribution in [2.75, 3.05) is 25.5 Å². The van der Waals surface area contributed by atoms with Gasteiger partial charge in [-0.1, -0.05) is 23.8 Å². The molecule has 0 saturated carbocycles. The highest BCUT2D eigenvalue weighted by atomic mass is 32.2. The van der Waals surface area contributed by atoms with E-state index in [2.05, 4.69) is 38.1 Å². The molecule has 0 N–H and O–H groups in total. The lowest BCUT2D eigenvalue weighted by Gasteiger charge is -2.27. The molecule has 1 atom stereocenters. The van der Waals surface area contributed by atoms with Crippen molar-refractivity contribution in [1.29, 1.82) is 0 Å². The van der Waals surface area contributed by atoms with Gasteiger partial charge in [-0.25, -0.2) is 0 Å². The molecule has 0 spiro atoms. The van der Waals surface area contributed by atoms with E-state index in [1.165, 1.54) is 16.0 Å². The Balaban J connectivity index is 1.46. The van der Waals surface area contributed by atoms with E-state index in [4.69, 9.17) is 9.47 Å². The minimum atomic E-state index is 0.132. The van der Waals surface area contributed by atoms with E-state index in [9.17, 15) is 4.79 Å². The maximum atomic E-state index is 12.9. The van der Waals surface area contributed by atoms with Crippen molar-refractivity contribution < 1.29 is 14.3 Å². The van der Waals surface area contributed by atoms with Gasteiger partial charge in [0.1, 0.15) is 13.2 Å². The Morgan fingerprint density at radius 2 is 1.93 bits per heavy atom. The van der Waals surface area contributed by atoms with Crippen molar-refractivity contribution in [2.24, 2.45) is 0 Å². The van der Waals surface area contributed by atoms with E-state index in [1.54, 1.807) is 11.8 Å². The van der Waals surface area contributed by atoms with Crippen LogP contribution in [0.15, 0.2) is 41.3 Å². The fourth-order valence-corrected chi connectivity index (χ4v) is 4.77. The summed E-state index contributed by atoms with van der Waals surface area (Å²) >= 11 is 1.64. The zero-order valence-corrected chi connectivity index (χ0v) is 16.7. The Bertz CT molecular complexity index is 851. The van der Waals surface area contributed by atoms with Crippen LogP contribution in [0.1, 0.15) is 35.6 Å². The van der Waals surface area contributed by atoms with Crippen LogP contribution in [0.25, 0.3) is 0 Å². The number of likely N-dealkylation sites (tertiary alicyclic amines) is 1. The Morgan fingerprint density at radius 3 is 2.78 bits per heavy atom. The number of aryl methyl sites for hydroxylation is 2. The lowest BCUT2D eigenvalue weighted by atomic mass is 10.0. The lowest BCUT2D eigenvalue weighted by Crippen LogP contribution is -2.32. The van der Waals surface area contributed by atoms with Gasteiger partial charge in [0.25, 0.3) is 0 Å². The van der Waals surface area contributed by atoms with Crippen LogP contribution in [0, 0.1) is 13.8 Å². The molecule has 1 amide bonds. The van der Waals surface area contributed by atoms with E-state index < -0.39 is 0 Å². The van der Waals surface area contributed by atoms with Crippen LogP contribution in [-0.4, -0.2) is 36.3 Å². The lowest BCUT2D eigenvalue weighted by molar-refractivity contribution is -0.129.